The second kappa shape index (κ2) is 13.7. The van der Waals surface area contributed by atoms with Crippen LogP contribution < -0.4 is 14.8 Å². The molecule has 1 aromatic heterocycles. The molecule has 1 heterocycles. The minimum absolute atomic E-state index is 0.0231. The standard InChI is InChI=1S/C31H36N2O7/c1-20-7-11-24(12-8-20)27(25-13-9-21(2)10-14-25)22(3)38-18-31(5,17-34)33-30(36)28-29(40-19-39-23(4)35)26(37-6)15-16-32-28/h7-17,22,27H,18-19H2,1-6H3,(H,33,36)/t22-,31+/m0/s1. The lowest BCUT2D eigenvalue weighted by atomic mass is 9.86. The monoisotopic (exact) mass is 548 g/mol. The Morgan fingerprint density at radius 1 is 1.00 bits per heavy atom. The number of amides is 1. The van der Waals surface area contributed by atoms with Crippen molar-refractivity contribution >= 4 is 18.2 Å². The summed E-state index contributed by atoms with van der Waals surface area (Å²) in [5.74, 6) is -1.15. The third kappa shape index (κ3) is 7.89. The van der Waals surface area contributed by atoms with Crippen molar-refractivity contribution in [3.8, 4) is 11.5 Å². The molecule has 0 saturated heterocycles. The zero-order chi connectivity index (χ0) is 29.3. The highest BCUT2D eigenvalue weighted by molar-refractivity contribution is 5.97. The number of aldehydes is 1. The van der Waals surface area contributed by atoms with E-state index < -0.39 is 24.2 Å². The molecular formula is C31H36N2O7. The summed E-state index contributed by atoms with van der Waals surface area (Å²) in [6.07, 6.45) is 1.67. The second-order valence-electron chi connectivity index (χ2n) is 9.89. The Bertz CT molecular complexity index is 1260. The quantitative estimate of drug-likeness (QED) is 0.188. The van der Waals surface area contributed by atoms with E-state index in [9.17, 15) is 14.4 Å². The van der Waals surface area contributed by atoms with Gasteiger partial charge in [0.15, 0.2) is 17.2 Å². The minimum atomic E-state index is -1.38. The molecule has 0 fully saturated rings. The van der Waals surface area contributed by atoms with Gasteiger partial charge in [-0.15, -0.1) is 0 Å². The lowest BCUT2D eigenvalue weighted by Crippen LogP contribution is -2.52. The Hall–Kier alpha value is -4.24. The summed E-state index contributed by atoms with van der Waals surface area (Å²) < 4.78 is 21.8. The molecule has 3 rings (SSSR count). The molecule has 212 valence electrons. The fourth-order valence-corrected chi connectivity index (χ4v) is 4.16. The van der Waals surface area contributed by atoms with Crippen LogP contribution in [0.1, 0.15) is 59.4 Å². The molecule has 0 aliphatic heterocycles. The van der Waals surface area contributed by atoms with Crippen LogP contribution in [0.3, 0.4) is 0 Å². The number of rotatable bonds is 13. The second-order valence-corrected chi connectivity index (χ2v) is 9.89. The molecule has 2 atom stereocenters. The Kier molecular flexibility index (Phi) is 10.4. The third-order valence-corrected chi connectivity index (χ3v) is 6.42. The van der Waals surface area contributed by atoms with E-state index in [2.05, 4.69) is 58.8 Å². The molecular weight excluding hydrogens is 512 g/mol. The van der Waals surface area contributed by atoms with Gasteiger partial charge < -0.3 is 29.1 Å². The third-order valence-electron chi connectivity index (χ3n) is 6.42. The summed E-state index contributed by atoms with van der Waals surface area (Å²) in [4.78, 5) is 40.7. The number of esters is 1. The summed E-state index contributed by atoms with van der Waals surface area (Å²) in [5.41, 5.74) is 2.94. The molecule has 0 unspecified atom stereocenters. The maximum absolute atomic E-state index is 13.3. The molecule has 0 radical (unpaired) electrons. The minimum Gasteiger partial charge on any atom is -0.493 e. The Morgan fingerprint density at radius 3 is 2.08 bits per heavy atom. The highest BCUT2D eigenvalue weighted by Crippen LogP contribution is 2.32. The van der Waals surface area contributed by atoms with Gasteiger partial charge >= 0.3 is 5.97 Å². The summed E-state index contributed by atoms with van der Waals surface area (Å²) in [6, 6.07) is 18.0. The zero-order valence-electron chi connectivity index (χ0n) is 23.7. The lowest BCUT2D eigenvalue weighted by Gasteiger charge is -2.30. The first-order valence-corrected chi connectivity index (χ1v) is 12.9. The number of pyridine rings is 1. The van der Waals surface area contributed by atoms with Crippen molar-refractivity contribution in [1.82, 2.24) is 10.3 Å². The Morgan fingerprint density at radius 2 is 1.57 bits per heavy atom. The fourth-order valence-electron chi connectivity index (χ4n) is 4.16. The molecule has 0 spiro atoms. The molecule has 1 N–H and O–H groups in total. The predicted molar refractivity (Wildman–Crippen MR) is 150 cm³/mol. The van der Waals surface area contributed by atoms with E-state index in [0.717, 1.165) is 22.3 Å². The van der Waals surface area contributed by atoms with Crippen molar-refractivity contribution in [2.75, 3.05) is 20.5 Å². The van der Waals surface area contributed by atoms with Gasteiger partial charge in [-0.2, -0.15) is 0 Å². The number of nitrogens with zero attached hydrogens (tertiary/aromatic N) is 1. The lowest BCUT2D eigenvalue weighted by molar-refractivity contribution is -0.147. The van der Waals surface area contributed by atoms with Crippen LogP contribution in [0.25, 0.3) is 0 Å². The van der Waals surface area contributed by atoms with Gasteiger partial charge in [-0.3, -0.25) is 9.59 Å². The summed E-state index contributed by atoms with van der Waals surface area (Å²) in [7, 11) is 1.40. The van der Waals surface area contributed by atoms with Crippen LogP contribution in [0.2, 0.25) is 0 Å². The first-order valence-electron chi connectivity index (χ1n) is 12.9. The van der Waals surface area contributed by atoms with Gasteiger partial charge in [0.25, 0.3) is 5.91 Å². The SMILES string of the molecule is COc1ccnc(C(=O)N[C@](C)(C=O)CO[C@@H](C)C(c2ccc(C)cc2)c2ccc(C)cc2)c1OCOC(C)=O. The van der Waals surface area contributed by atoms with Crippen molar-refractivity contribution < 1.29 is 33.3 Å². The number of hydrogen-bond donors (Lipinski definition) is 1. The molecule has 0 bridgehead atoms. The number of aromatic nitrogens is 1. The smallest absolute Gasteiger partial charge is 0.305 e. The number of carbonyl (C=O) groups excluding carboxylic acids is 3. The number of nitrogens with one attached hydrogen (secondary N) is 1. The van der Waals surface area contributed by atoms with Crippen LogP contribution in [0, 0.1) is 13.8 Å². The number of hydrogen-bond acceptors (Lipinski definition) is 8. The van der Waals surface area contributed by atoms with Crippen molar-refractivity contribution in [1.29, 1.82) is 0 Å². The normalized spacial score (nSPS) is 13.2. The molecule has 0 saturated carbocycles. The van der Waals surface area contributed by atoms with E-state index in [1.165, 1.54) is 26.3 Å². The summed E-state index contributed by atoms with van der Waals surface area (Å²) in [6.45, 7) is 8.28. The van der Waals surface area contributed by atoms with Gasteiger partial charge in [0.05, 0.1) is 19.8 Å². The van der Waals surface area contributed by atoms with Crippen molar-refractivity contribution in [2.45, 2.75) is 52.2 Å². The Balaban J connectivity index is 1.79. The summed E-state index contributed by atoms with van der Waals surface area (Å²) in [5, 5.41) is 2.70. The van der Waals surface area contributed by atoms with Crippen LogP contribution in [-0.2, 0) is 19.1 Å². The maximum Gasteiger partial charge on any atom is 0.305 e. The number of carbonyl (C=O) groups is 3. The van der Waals surface area contributed by atoms with E-state index in [-0.39, 0.29) is 35.8 Å². The van der Waals surface area contributed by atoms with Gasteiger partial charge in [0.2, 0.25) is 6.79 Å². The van der Waals surface area contributed by atoms with Crippen molar-refractivity contribution in [2.24, 2.45) is 0 Å². The topological polar surface area (TPSA) is 113 Å². The van der Waals surface area contributed by atoms with E-state index in [0.29, 0.717) is 6.29 Å². The average molecular weight is 549 g/mol. The van der Waals surface area contributed by atoms with E-state index >= 15 is 0 Å². The largest absolute Gasteiger partial charge is 0.493 e. The fraction of sp³-hybridized carbons (Fsp3) is 0.355. The molecule has 2 aromatic carbocycles. The first-order chi connectivity index (χ1) is 19.1. The number of benzene rings is 2. The molecule has 0 aliphatic carbocycles. The van der Waals surface area contributed by atoms with Crippen LogP contribution in [0.15, 0.2) is 60.8 Å². The molecule has 1 amide bonds. The van der Waals surface area contributed by atoms with Crippen LogP contribution in [-0.4, -0.2) is 55.3 Å². The summed E-state index contributed by atoms with van der Waals surface area (Å²) >= 11 is 0. The van der Waals surface area contributed by atoms with Gasteiger partial charge in [0.1, 0.15) is 11.8 Å². The first kappa shape index (κ1) is 30.3. The van der Waals surface area contributed by atoms with Gasteiger partial charge in [-0.25, -0.2) is 4.98 Å². The maximum atomic E-state index is 13.3. The van der Waals surface area contributed by atoms with Crippen LogP contribution in [0.5, 0.6) is 11.5 Å². The Labute approximate surface area is 234 Å². The van der Waals surface area contributed by atoms with Gasteiger partial charge in [-0.1, -0.05) is 59.7 Å². The van der Waals surface area contributed by atoms with E-state index in [1.807, 2.05) is 20.8 Å². The van der Waals surface area contributed by atoms with Crippen LogP contribution >= 0.6 is 0 Å². The van der Waals surface area contributed by atoms with Crippen molar-refractivity contribution in [3.63, 3.8) is 0 Å². The van der Waals surface area contributed by atoms with E-state index in [4.69, 9.17) is 18.9 Å². The van der Waals surface area contributed by atoms with Crippen molar-refractivity contribution in [3.05, 3.63) is 88.7 Å². The number of ether oxygens (including phenoxy) is 4. The van der Waals surface area contributed by atoms with E-state index in [1.54, 1.807) is 6.92 Å². The number of methoxy groups -OCH3 is 1. The highest BCUT2D eigenvalue weighted by Gasteiger charge is 2.32. The van der Waals surface area contributed by atoms with Crippen LogP contribution in [0.4, 0.5) is 0 Å². The molecule has 40 heavy (non-hydrogen) atoms. The van der Waals surface area contributed by atoms with Gasteiger partial charge in [0, 0.05) is 25.1 Å². The average Bonchev–Trinajstić information content (AvgIpc) is 2.94. The highest BCUT2D eigenvalue weighted by atomic mass is 16.7. The molecule has 9 heteroatoms. The predicted octanol–water partition coefficient (Wildman–Crippen LogP) is 4.53. The van der Waals surface area contributed by atoms with Gasteiger partial charge in [-0.05, 0) is 38.8 Å². The number of aryl methyl sites for hydroxylation is 2. The molecule has 3 aromatic rings. The zero-order valence-corrected chi connectivity index (χ0v) is 23.7. The molecule has 9 nitrogen and oxygen atoms in total. The molecule has 0 aliphatic rings.